The van der Waals surface area contributed by atoms with Gasteiger partial charge in [-0.1, -0.05) is 26.0 Å². The largest absolute Gasteiger partial charge is 0.328 e. The Morgan fingerprint density at radius 2 is 1.79 bits per heavy atom. The monoisotopic (exact) mass is 283 g/mol. The van der Waals surface area contributed by atoms with Crippen molar-refractivity contribution in [1.29, 1.82) is 0 Å². The number of aryl methyl sites for hydroxylation is 1. The van der Waals surface area contributed by atoms with E-state index in [1.54, 1.807) is 12.1 Å². The molecule has 1 rings (SSSR count). The molecule has 1 aromatic rings. The lowest BCUT2D eigenvalue weighted by Gasteiger charge is -2.08. The Labute approximate surface area is 117 Å². The first-order valence-electron chi connectivity index (χ1n) is 7.07. The third kappa shape index (κ3) is 5.33. The van der Waals surface area contributed by atoms with Gasteiger partial charge in [-0.05, 0) is 49.8 Å². The maximum absolute atomic E-state index is 11.9. The van der Waals surface area contributed by atoms with Crippen LogP contribution in [-0.2, 0) is 16.3 Å². The molecule has 0 radical (unpaired) electrons. The summed E-state index contributed by atoms with van der Waals surface area (Å²) >= 11 is 0. The Bertz CT molecular complexity index is 465. The number of sulfone groups is 1. The number of hydrogen-bond donors (Lipinski definition) is 1. The van der Waals surface area contributed by atoms with Gasteiger partial charge in [0.05, 0.1) is 10.6 Å². The molecule has 3 nitrogen and oxygen atoms in total. The van der Waals surface area contributed by atoms with Crippen LogP contribution in [-0.4, -0.2) is 20.2 Å². The molecule has 2 N–H and O–H groups in total. The van der Waals surface area contributed by atoms with Crippen molar-refractivity contribution in [2.24, 2.45) is 5.73 Å². The third-order valence-corrected chi connectivity index (χ3v) is 5.26. The van der Waals surface area contributed by atoms with Crippen LogP contribution in [0.2, 0.25) is 0 Å². The van der Waals surface area contributed by atoms with Crippen molar-refractivity contribution in [3.63, 3.8) is 0 Å². The molecule has 19 heavy (non-hydrogen) atoms. The standard InChI is InChI=1S/C15H25NO2S/c1-3-12-19(17,18)15-10-8-13(9-11-15)6-5-7-14(16)4-2/h8-11,14H,3-7,12,16H2,1-2H3. The van der Waals surface area contributed by atoms with Crippen molar-refractivity contribution in [2.45, 2.75) is 56.9 Å². The Balaban J connectivity index is 2.57. The third-order valence-electron chi connectivity index (χ3n) is 3.32. The normalized spacial score (nSPS) is 13.4. The molecule has 0 bridgehead atoms. The van der Waals surface area contributed by atoms with Crippen molar-refractivity contribution in [3.8, 4) is 0 Å². The Morgan fingerprint density at radius 3 is 2.32 bits per heavy atom. The first kappa shape index (κ1) is 16.2. The summed E-state index contributed by atoms with van der Waals surface area (Å²) < 4.78 is 23.7. The van der Waals surface area contributed by atoms with Crippen LogP contribution in [0.4, 0.5) is 0 Å². The highest BCUT2D eigenvalue weighted by Gasteiger charge is 2.12. The molecule has 0 saturated carbocycles. The lowest BCUT2D eigenvalue weighted by molar-refractivity contribution is 0.568. The summed E-state index contributed by atoms with van der Waals surface area (Å²) in [7, 11) is -3.09. The summed E-state index contributed by atoms with van der Waals surface area (Å²) in [6.45, 7) is 3.97. The van der Waals surface area contributed by atoms with E-state index < -0.39 is 9.84 Å². The number of nitrogens with two attached hydrogens (primary N) is 1. The predicted molar refractivity (Wildman–Crippen MR) is 80.0 cm³/mol. The average Bonchev–Trinajstić information content (AvgIpc) is 2.39. The zero-order chi connectivity index (χ0) is 14.3. The van der Waals surface area contributed by atoms with Gasteiger partial charge >= 0.3 is 0 Å². The SMILES string of the molecule is CCCS(=O)(=O)c1ccc(CCCC(N)CC)cc1. The highest BCUT2D eigenvalue weighted by molar-refractivity contribution is 7.91. The molecule has 0 aliphatic heterocycles. The van der Waals surface area contributed by atoms with Gasteiger partial charge in [-0.3, -0.25) is 0 Å². The molecule has 0 aliphatic carbocycles. The van der Waals surface area contributed by atoms with Gasteiger partial charge in [-0.2, -0.15) is 0 Å². The lowest BCUT2D eigenvalue weighted by atomic mass is 10.0. The molecule has 4 heteroatoms. The van der Waals surface area contributed by atoms with Crippen LogP contribution in [0.15, 0.2) is 29.2 Å². The molecule has 0 amide bonds. The summed E-state index contributed by atoms with van der Waals surface area (Å²) in [5, 5.41) is 0. The molecule has 0 aliphatic rings. The lowest BCUT2D eigenvalue weighted by Crippen LogP contribution is -2.18. The van der Waals surface area contributed by atoms with Crippen molar-refractivity contribution in [3.05, 3.63) is 29.8 Å². The fourth-order valence-electron chi connectivity index (χ4n) is 2.02. The van der Waals surface area contributed by atoms with Gasteiger partial charge in [0, 0.05) is 6.04 Å². The Hall–Kier alpha value is -0.870. The first-order chi connectivity index (χ1) is 8.99. The van der Waals surface area contributed by atoms with E-state index in [0.29, 0.717) is 11.3 Å². The fourth-order valence-corrected chi connectivity index (χ4v) is 3.35. The van der Waals surface area contributed by atoms with Gasteiger partial charge in [-0.15, -0.1) is 0 Å². The van der Waals surface area contributed by atoms with E-state index in [1.807, 2.05) is 19.1 Å². The highest BCUT2D eigenvalue weighted by atomic mass is 32.2. The zero-order valence-corrected chi connectivity index (χ0v) is 12.7. The van der Waals surface area contributed by atoms with E-state index in [4.69, 9.17) is 5.73 Å². The van der Waals surface area contributed by atoms with Crippen molar-refractivity contribution in [1.82, 2.24) is 0 Å². The Kier molecular flexibility index (Phi) is 6.52. The minimum atomic E-state index is -3.09. The second kappa shape index (κ2) is 7.65. The summed E-state index contributed by atoms with van der Waals surface area (Å²) in [5.41, 5.74) is 7.05. The smallest absolute Gasteiger partial charge is 0.178 e. The molecular formula is C15H25NO2S. The minimum Gasteiger partial charge on any atom is -0.328 e. The number of benzene rings is 1. The molecule has 0 aromatic heterocycles. The maximum atomic E-state index is 11.9. The molecule has 1 atom stereocenters. The molecule has 1 aromatic carbocycles. The van der Waals surface area contributed by atoms with Gasteiger partial charge < -0.3 is 5.73 Å². The van der Waals surface area contributed by atoms with E-state index in [0.717, 1.165) is 25.7 Å². The van der Waals surface area contributed by atoms with E-state index in [-0.39, 0.29) is 11.8 Å². The molecule has 1 unspecified atom stereocenters. The van der Waals surface area contributed by atoms with Crippen LogP contribution in [0.25, 0.3) is 0 Å². The number of hydrogen-bond acceptors (Lipinski definition) is 3. The maximum Gasteiger partial charge on any atom is 0.178 e. The van der Waals surface area contributed by atoms with Crippen molar-refractivity contribution in [2.75, 3.05) is 5.75 Å². The first-order valence-corrected chi connectivity index (χ1v) is 8.72. The topological polar surface area (TPSA) is 60.2 Å². The van der Waals surface area contributed by atoms with Gasteiger partial charge in [0.15, 0.2) is 9.84 Å². The molecule has 0 heterocycles. The summed E-state index contributed by atoms with van der Waals surface area (Å²) in [5.74, 6) is 0.220. The summed E-state index contributed by atoms with van der Waals surface area (Å²) in [6, 6.07) is 7.56. The second-order valence-electron chi connectivity index (χ2n) is 5.02. The van der Waals surface area contributed by atoms with E-state index >= 15 is 0 Å². The second-order valence-corrected chi connectivity index (χ2v) is 7.13. The molecule has 0 spiro atoms. The van der Waals surface area contributed by atoms with Gasteiger partial charge in [0.2, 0.25) is 0 Å². The van der Waals surface area contributed by atoms with Crippen LogP contribution in [0, 0.1) is 0 Å². The highest BCUT2D eigenvalue weighted by Crippen LogP contribution is 2.15. The van der Waals surface area contributed by atoms with Crippen LogP contribution >= 0.6 is 0 Å². The van der Waals surface area contributed by atoms with Crippen molar-refractivity contribution < 1.29 is 8.42 Å². The Morgan fingerprint density at radius 1 is 1.16 bits per heavy atom. The molecule has 0 fully saturated rings. The number of rotatable bonds is 8. The van der Waals surface area contributed by atoms with Gasteiger partial charge in [-0.25, -0.2) is 8.42 Å². The van der Waals surface area contributed by atoms with Gasteiger partial charge in [0.1, 0.15) is 0 Å². The molecule has 0 saturated heterocycles. The van der Waals surface area contributed by atoms with E-state index in [9.17, 15) is 8.42 Å². The van der Waals surface area contributed by atoms with Gasteiger partial charge in [0.25, 0.3) is 0 Å². The van der Waals surface area contributed by atoms with Crippen LogP contribution in [0.5, 0.6) is 0 Å². The fraction of sp³-hybridized carbons (Fsp3) is 0.600. The molecule has 108 valence electrons. The van der Waals surface area contributed by atoms with Crippen molar-refractivity contribution >= 4 is 9.84 Å². The minimum absolute atomic E-state index is 0.220. The quantitative estimate of drug-likeness (QED) is 0.798. The van der Waals surface area contributed by atoms with E-state index in [2.05, 4.69) is 6.92 Å². The van der Waals surface area contributed by atoms with Crippen LogP contribution in [0.1, 0.15) is 45.1 Å². The van der Waals surface area contributed by atoms with Crippen LogP contribution in [0.3, 0.4) is 0 Å². The van der Waals surface area contributed by atoms with E-state index in [1.165, 1.54) is 5.56 Å². The summed E-state index contributed by atoms with van der Waals surface area (Å²) in [4.78, 5) is 0.434. The zero-order valence-electron chi connectivity index (χ0n) is 11.9. The summed E-state index contributed by atoms with van der Waals surface area (Å²) in [6.07, 6.45) is 4.69. The predicted octanol–water partition coefficient (Wildman–Crippen LogP) is 2.93. The average molecular weight is 283 g/mol. The molecular weight excluding hydrogens is 258 g/mol. The van der Waals surface area contributed by atoms with Crippen LogP contribution < -0.4 is 5.73 Å².